The molecular weight excluding hydrogens is 366 g/mol. The Bertz CT molecular complexity index is 854. The lowest BCUT2D eigenvalue weighted by molar-refractivity contribution is 0.0808. The number of carbonyl (C=O) groups is 1. The fourth-order valence-electron chi connectivity index (χ4n) is 3.80. The van der Waals surface area contributed by atoms with Crippen LogP contribution in [0, 0.1) is 5.92 Å². The number of benzene rings is 2. The molecule has 0 aromatic heterocycles. The van der Waals surface area contributed by atoms with Gasteiger partial charge in [-0.3, -0.25) is 9.69 Å². The second-order valence-corrected chi connectivity index (χ2v) is 7.34. The zero-order valence-corrected chi connectivity index (χ0v) is 16.0. The predicted octanol–water partition coefficient (Wildman–Crippen LogP) is 4.17. The van der Waals surface area contributed by atoms with Crippen molar-refractivity contribution in [1.29, 1.82) is 0 Å². The molecule has 0 unspecified atom stereocenters. The Labute approximate surface area is 163 Å². The molecule has 5 nitrogen and oxygen atoms in total. The van der Waals surface area contributed by atoms with E-state index in [-0.39, 0.29) is 18.5 Å². The number of halogens is 1. The molecule has 2 heterocycles. The van der Waals surface area contributed by atoms with E-state index in [2.05, 4.69) is 4.90 Å². The highest BCUT2D eigenvalue weighted by atomic mass is 35.5. The highest BCUT2D eigenvalue weighted by molar-refractivity contribution is 6.31. The van der Waals surface area contributed by atoms with Gasteiger partial charge in [-0.1, -0.05) is 23.7 Å². The molecule has 0 bridgehead atoms. The molecule has 0 spiro atoms. The van der Waals surface area contributed by atoms with Gasteiger partial charge in [0.2, 0.25) is 6.79 Å². The van der Waals surface area contributed by atoms with Gasteiger partial charge in [-0.15, -0.1) is 0 Å². The van der Waals surface area contributed by atoms with Gasteiger partial charge in [-0.05, 0) is 43.1 Å². The molecule has 27 heavy (non-hydrogen) atoms. The number of likely N-dealkylation sites (tertiary alicyclic amines) is 1. The third-order valence-electron chi connectivity index (χ3n) is 5.18. The fraction of sp³-hybridized carbons (Fsp3) is 0.381. The monoisotopic (exact) mass is 387 g/mol. The van der Waals surface area contributed by atoms with E-state index in [0.29, 0.717) is 35.2 Å². The molecule has 0 radical (unpaired) electrons. The minimum absolute atomic E-state index is 0.0390. The van der Waals surface area contributed by atoms with Crippen molar-refractivity contribution >= 4 is 17.4 Å². The number of nitrogens with zero attached hydrogens (tertiary/aromatic N) is 1. The maximum atomic E-state index is 13.0. The van der Waals surface area contributed by atoms with Crippen LogP contribution >= 0.6 is 11.6 Å². The molecule has 0 saturated carbocycles. The van der Waals surface area contributed by atoms with Crippen molar-refractivity contribution in [3.8, 4) is 17.2 Å². The number of ketones is 1. The third-order valence-corrected chi connectivity index (χ3v) is 5.54. The van der Waals surface area contributed by atoms with Gasteiger partial charge < -0.3 is 14.2 Å². The molecule has 2 aromatic rings. The Morgan fingerprint density at radius 3 is 2.85 bits per heavy atom. The highest BCUT2D eigenvalue weighted by Gasteiger charge is 2.29. The van der Waals surface area contributed by atoms with E-state index in [0.717, 1.165) is 30.7 Å². The lowest BCUT2D eigenvalue weighted by Crippen LogP contribution is -2.38. The first-order valence-corrected chi connectivity index (χ1v) is 9.51. The third kappa shape index (κ3) is 3.75. The molecule has 0 amide bonds. The molecule has 1 saturated heterocycles. The summed E-state index contributed by atoms with van der Waals surface area (Å²) in [6.45, 7) is 2.57. The summed E-state index contributed by atoms with van der Waals surface area (Å²) in [4.78, 5) is 15.3. The fourth-order valence-corrected chi connectivity index (χ4v) is 4.02. The summed E-state index contributed by atoms with van der Waals surface area (Å²) < 4.78 is 16.2. The molecule has 1 fully saturated rings. The topological polar surface area (TPSA) is 48.0 Å². The standard InChI is InChI=1S/C21H22ClNO4/c1-25-18-7-3-2-6-16(18)21(24)14-5-4-8-23(11-14)12-15-9-19-20(10-17(15)22)27-13-26-19/h2-3,6-7,9-10,14H,4-5,8,11-13H2,1H3/t14-/m0/s1. The van der Waals surface area contributed by atoms with Gasteiger partial charge in [0.1, 0.15) is 5.75 Å². The molecule has 142 valence electrons. The lowest BCUT2D eigenvalue weighted by Gasteiger charge is -2.32. The SMILES string of the molecule is COc1ccccc1C(=O)[C@H]1CCCN(Cc2cc3c(cc2Cl)OCO3)C1. The molecule has 4 rings (SSSR count). The Kier molecular flexibility index (Phi) is 5.23. The van der Waals surface area contributed by atoms with Gasteiger partial charge in [0, 0.05) is 30.1 Å². The molecule has 1 atom stereocenters. The number of para-hydroxylation sites is 1. The van der Waals surface area contributed by atoms with Crippen molar-refractivity contribution in [3.63, 3.8) is 0 Å². The second-order valence-electron chi connectivity index (χ2n) is 6.94. The van der Waals surface area contributed by atoms with E-state index in [1.54, 1.807) is 13.2 Å². The van der Waals surface area contributed by atoms with Crippen molar-refractivity contribution in [1.82, 2.24) is 4.90 Å². The zero-order chi connectivity index (χ0) is 18.8. The average Bonchev–Trinajstić information content (AvgIpc) is 3.15. The van der Waals surface area contributed by atoms with Crippen molar-refractivity contribution in [2.45, 2.75) is 19.4 Å². The first-order chi connectivity index (χ1) is 13.2. The lowest BCUT2D eigenvalue weighted by atomic mass is 9.89. The van der Waals surface area contributed by atoms with Crippen molar-refractivity contribution in [3.05, 3.63) is 52.5 Å². The summed E-state index contributed by atoms with van der Waals surface area (Å²) in [5.74, 6) is 2.16. The minimum Gasteiger partial charge on any atom is -0.496 e. The van der Waals surface area contributed by atoms with Crippen LogP contribution in [0.25, 0.3) is 0 Å². The van der Waals surface area contributed by atoms with Crippen molar-refractivity contribution in [2.24, 2.45) is 5.92 Å². The average molecular weight is 388 g/mol. The molecule has 0 N–H and O–H groups in total. The summed E-state index contributed by atoms with van der Waals surface area (Å²) >= 11 is 6.42. The van der Waals surface area contributed by atoms with Crippen LogP contribution in [0.15, 0.2) is 36.4 Å². The maximum absolute atomic E-state index is 13.0. The number of hydrogen-bond acceptors (Lipinski definition) is 5. The molecule has 6 heteroatoms. The zero-order valence-electron chi connectivity index (χ0n) is 15.2. The van der Waals surface area contributed by atoms with Gasteiger partial charge in [0.05, 0.1) is 12.7 Å². The van der Waals surface area contributed by atoms with Gasteiger partial charge in [-0.2, -0.15) is 0 Å². The van der Waals surface area contributed by atoms with Gasteiger partial charge in [-0.25, -0.2) is 0 Å². The predicted molar refractivity (Wildman–Crippen MR) is 103 cm³/mol. The normalized spacial score (nSPS) is 19.1. The number of fused-ring (bicyclic) bond motifs is 1. The van der Waals surface area contributed by atoms with Gasteiger partial charge >= 0.3 is 0 Å². The van der Waals surface area contributed by atoms with Crippen LogP contribution in [0.1, 0.15) is 28.8 Å². The minimum atomic E-state index is -0.0390. The molecule has 2 aliphatic heterocycles. The van der Waals surface area contributed by atoms with Crippen LogP contribution in [0.4, 0.5) is 0 Å². The Morgan fingerprint density at radius 1 is 1.26 bits per heavy atom. The van der Waals surface area contributed by atoms with Crippen LogP contribution in [0.5, 0.6) is 17.2 Å². The Balaban J connectivity index is 1.48. The van der Waals surface area contributed by atoms with Crippen LogP contribution < -0.4 is 14.2 Å². The number of carbonyl (C=O) groups excluding carboxylic acids is 1. The largest absolute Gasteiger partial charge is 0.496 e. The number of ether oxygens (including phenoxy) is 3. The van der Waals surface area contributed by atoms with Crippen molar-refractivity contribution in [2.75, 3.05) is 27.0 Å². The van der Waals surface area contributed by atoms with E-state index >= 15 is 0 Å². The van der Waals surface area contributed by atoms with E-state index < -0.39 is 0 Å². The summed E-state index contributed by atoms with van der Waals surface area (Å²) in [5, 5.41) is 0.664. The number of Topliss-reactive ketones (excluding diaryl/α,β-unsaturated/α-hetero) is 1. The summed E-state index contributed by atoms with van der Waals surface area (Å²) in [6, 6.07) is 11.2. The number of hydrogen-bond donors (Lipinski definition) is 0. The summed E-state index contributed by atoms with van der Waals surface area (Å²) in [5.41, 5.74) is 1.65. The summed E-state index contributed by atoms with van der Waals surface area (Å²) in [7, 11) is 1.60. The smallest absolute Gasteiger partial charge is 0.231 e. The molecule has 2 aliphatic rings. The van der Waals surface area contributed by atoms with Crippen LogP contribution in [-0.2, 0) is 6.54 Å². The summed E-state index contributed by atoms with van der Waals surface area (Å²) in [6.07, 6.45) is 1.87. The van der Waals surface area contributed by atoms with Crippen LogP contribution in [0.2, 0.25) is 5.02 Å². The van der Waals surface area contributed by atoms with E-state index in [4.69, 9.17) is 25.8 Å². The molecular formula is C21H22ClNO4. The van der Waals surface area contributed by atoms with Crippen LogP contribution in [0.3, 0.4) is 0 Å². The molecule has 0 aliphatic carbocycles. The number of piperidine rings is 1. The Morgan fingerprint density at radius 2 is 2.04 bits per heavy atom. The Hall–Kier alpha value is -2.24. The second kappa shape index (κ2) is 7.79. The van der Waals surface area contributed by atoms with Crippen LogP contribution in [-0.4, -0.2) is 37.7 Å². The van der Waals surface area contributed by atoms with E-state index in [1.165, 1.54) is 0 Å². The van der Waals surface area contributed by atoms with Crippen molar-refractivity contribution < 1.29 is 19.0 Å². The maximum Gasteiger partial charge on any atom is 0.231 e. The van der Waals surface area contributed by atoms with E-state index in [1.807, 2.05) is 30.3 Å². The van der Waals surface area contributed by atoms with Gasteiger partial charge in [0.25, 0.3) is 0 Å². The van der Waals surface area contributed by atoms with E-state index in [9.17, 15) is 4.79 Å². The first-order valence-electron chi connectivity index (χ1n) is 9.13. The first kappa shape index (κ1) is 18.1. The number of methoxy groups -OCH3 is 1. The van der Waals surface area contributed by atoms with Gasteiger partial charge in [0.15, 0.2) is 17.3 Å². The molecule has 2 aromatic carbocycles. The highest BCUT2D eigenvalue weighted by Crippen LogP contribution is 2.37. The quantitative estimate of drug-likeness (QED) is 0.720. The number of rotatable bonds is 5.